The molecule has 2 rings (SSSR count). The zero-order chi connectivity index (χ0) is 12.3. The van der Waals surface area contributed by atoms with Crippen LogP contribution in [0.15, 0.2) is 18.2 Å². The second-order valence-corrected chi connectivity index (χ2v) is 4.07. The summed E-state index contributed by atoms with van der Waals surface area (Å²) >= 11 is 0. The first kappa shape index (κ1) is 11.7. The molecule has 1 N–H and O–H groups in total. The summed E-state index contributed by atoms with van der Waals surface area (Å²) in [5.41, 5.74) is 1.12. The highest BCUT2D eigenvalue weighted by Gasteiger charge is 2.13. The van der Waals surface area contributed by atoms with Gasteiger partial charge in [-0.1, -0.05) is 6.07 Å². The van der Waals surface area contributed by atoms with Gasteiger partial charge in [0.2, 0.25) is 6.79 Å². The Morgan fingerprint density at radius 1 is 1.41 bits per heavy atom. The summed E-state index contributed by atoms with van der Waals surface area (Å²) < 4.78 is 10.5. The van der Waals surface area contributed by atoms with E-state index >= 15 is 0 Å². The van der Waals surface area contributed by atoms with E-state index in [4.69, 9.17) is 14.6 Å². The zero-order valence-electron chi connectivity index (χ0n) is 9.68. The van der Waals surface area contributed by atoms with Crippen LogP contribution >= 0.6 is 0 Å². The molecule has 1 aromatic rings. The molecule has 0 atom stereocenters. The molecule has 0 radical (unpaired) electrons. The number of rotatable bonds is 5. The normalized spacial score (nSPS) is 13.1. The van der Waals surface area contributed by atoms with E-state index in [1.54, 1.807) is 11.9 Å². The van der Waals surface area contributed by atoms with Gasteiger partial charge < -0.3 is 14.6 Å². The smallest absolute Gasteiger partial charge is 0.317 e. The molecular weight excluding hydrogens is 222 g/mol. The predicted molar refractivity (Wildman–Crippen MR) is 61.4 cm³/mol. The lowest BCUT2D eigenvalue weighted by molar-refractivity contribution is -0.137. The first-order valence-corrected chi connectivity index (χ1v) is 5.44. The van der Waals surface area contributed by atoms with Crippen LogP contribution in [0.2, 0.25) is 0 Å². The molecule has 1 aliphatic heterocycles. The van der Waals surface area contributed by atoms with Gasteiger partial charge in [-0.25, -0.2) is 0 Å². The number of carboxylic acid groups (broad SMARTS) is 1. The van der Waals surface area contributed by atoms with Crippen LogP contribution in [0.4, 0.5) is 0 Å². The van der Waals surface area contributed by atoms with Crippen LogP contribution in [0.3, 0.4) is 0 Å². The molecule has 5 heteroatoms. The molecule has 0 amide bonds. The van der Waals surface area contributed by atoms with Gasteiger partial charge >= 0.3 is 5.97 Å². The fourth-order valence-corrected chi connectivity index (χ4v) is 1.73. The summed E-state index contributed by atoms with van der Waals surface area (Å²) in [5, 5.41) is 8.63. The molecule has 1 heterocycles. The van der Waals surface area contributed by atoms with Gasteiger partial charge in [0.05, 0.1) is 6.54 Å². The van der Waals surface area contributed by atoms with Gasteiger partial charge in [-0.15, -0.1) is 0 Å². The number of fused-ring (bicyclic) bond motifs is 1. The van der Waals surface area contributed by atoms with Gasteiger partial charge in [0.25, 0.3) is 0 Å². The molecule has 0 saturated carbocycles. The highest BCUT2D eigenvalue weighted by molar-refractivity contribution is 5.69. The van der Waals surface area contributed by atoms with Crippen molar-refractivity contribution in [1.29, 1.82) is 0 Å². The van der Waals surface area contributed by atoms with E-state index in [0.29, 0.717) is 6.54 Å². The maximum absolute atomic E-state index is 10.5. The minimum absolute atomic E-state index is 0.0601. The maximum Gasteiger partial charge on any atom is 0.317 e. The molecular formula is C12H15NO4. The lowest BCUT2D eigenvalue weighted by Gasteiger charge is -2.13. The number of likely N-dealkylation sites (N-methyl/N-ethyl adjacent to an activating group) is 1. The highest BCUT2D eigenvalue weighted by Crippen LogP contribution is 2.32. The first-order valence-electron chi connectivity index (χ1n) is 5.44. The van der Waals surface area contributed by atoms with Crippen molar-refractivity contribution < 1.29 is 19.4 Å². The van der Waals surface area contributed by atoms with Crippen molar-refractivity contribution in [3.8, 4) is 11.5 Å². The van der Waals surface area contributed by atoms with Gasteiger partial charge in [0.15, 0.2) is 11.5 Å². The largest absolute Gasteiger partial charge is 0.480 e. The van der Waals surface area contributed by atoms with Crippen molar-refractivity contribution in [2.45, 2.75) is 6.42 Å². The van der Waals surface area contributed by atoms with Crippen molar-refractivity contribution in [2.75, 3.05) is 26.9 Å². The molecule has 1 aliphatic rings. The zero-order valence-corrected chi connectivity index (χ0v) is 9.68. The number of hydrogen-bond acceptors (Lipinski definition) is 4. The molecule has 17 heavy (non-hydrogen) atoms. The van der Waals surface area contributed by atoms with E-state index in [0.717, 1.165) is 23.5 Å². The van der Waals surface area contributed by atoms with E-state index < -0.39 is 5.97 Å². The minimum Gasteiger partial charge on any atom is -0.480 e. The van der Waals surface area contributed by atoms with E-state index in [-0.39, 0.29) is 13.3 Å². The lowest BCUT2D eigenvalue weighted by atomic mass is 10.1. The molecule has 0 spiro atoms. The number of carboxylic acids is 1. The molecule has 0 saturated heterocycles. The summed E-state index contributed by atoms with van der Waals surface area (Å²) in [4.78, 5) is 12.3. The Labute approximate surface area is 99.6 Å². The lowest BCUT2D eigenvalue weighted by Crippen LogP contribution is -2.27. The third-order valence-electron chi connectivity index (χ3n) is 2.62. The van der Waals surface area contributed by atoms with Crippen molar-refractivity contribution in [2.24, 2.45) is 0 Å². The van der Waals surface area contributed by atoms with Crippen molar-refractivity contribution >= 4 is 5.97 Å². The van der Waals surface area contributed by atoms with Crippen molar-refractivity contribution in [3.05, 3.63) is 23.8 Å². The van der Waals surface area contributed by atoms with Crippen LogP contribution in [0.5, 0.6) is 11.5 Å². The predicted octanol–water partition coefficient (Wildman–Crippen LogP) is 0.974. The fourth-order valence-electron chi connectivity index (χ4n) is 1.73. The summed E-state index contributed by atoms with van der Waals surface area (Å²) in [5.74, 6) is 0.731. The molecule has 5 nitrogen and oxygen atoms in total. The van der Waals surface area contributed by atoms with Crippen LogP contribution in [0.25, 0.3) is 0 Å². The van der Waals surface area contributed by atoms with Gasteiger partial charge in [-0.3, -0.25) is 9.69 Å². The Bertz CT molecular complexity index is 419. The highest BCUT2D eigenvalue weighted by atomic mass is 16.7. The van der Waals surface area contributed by atoms with Crippen LogP contribution < -0.4 is 9.47 Å². The fraction of sp³-hybridized carbons (Fsp3) is 0.417. The Balaban J connectivity index is 1.89. The monoisotopic (exact) mass is 237 g/mol. The number of ether oxygens (including phenoxy) is 2. The average Bonchev–Trinajstić information content (AvgIpc) is 2.72. The van der Waals surface area contributed by atoms with Crippen molar-refractivity contribution in [1.82, 2.24) is 4.90 Å². The number of nitrogens with zero attached hydrogens (tertiary/aromatic N) is 1. The number of benzene rings is 1. The van der Waals surface area contributed by atoms with Gasteiger partial charge in [0, 0.05) is 6.54 Å². The Hall–Kier alpha value is -1.75. The summed E-state index contributed by atoms with van der Waals surface area (Å²) in [6, 6.07) is 5.80. The quantitative estimate of drug-likeness (QED) is 0.827. The van der Waals surface area contributed by atoms with E-state index in [1.165, 1.54) is 0 Å². The molecule has 92 valence electrons. The number of hydrogen-bond donors (Lipinski definition) is 1. The number of aliphatic carboxylic acids is 1. The summed E-state index contributed by atoms with van der Waals surface area (Å²) in [6.45, 7) is 1.04. The molecule has 1 aromatic carbocycles. The molecule has 0 bridgehead atoms. The minimum atomic E-state index is -0.807. The van der Waals surface area contributed by atoms with E-state index in [1.807, 2.05) is 18.2 Å². The van der Waals surface area contributed by atoms with Crippen LogP contribution in [-0.2, 0) is 11.2 Å². The first-order chi connectivity index (χ1) is 8.15. The van der Waals surface area contributed by atoms with Crippen LogP contribution in [-0.4, -0.2) is 42.9 Å². The average molecular weight is 237 g/mol. The molecule has 0 fully saturated rings. The van der Waals surface area contributed by atoms with Gasteiger partial charge in [0.1, 0.15) is 0 Å². The van der Waals surface area contributed by atoms with Gasteiger partial charge in [-0.2, -0.15) is 0 Å². The molecule has 0 aromatic heterocycles. The van der Waals surface area contributed by atoms with E-state index in [2.05, 4.69) is 0 Å². The molecule has 0 unspecified atom stereocenters. The van der Waals surface area contributed by atoms with Crippen LogP contribution in [0.1, 0.15) is 5.56 Å². The molecule has 0 aliphatic carbocycles. The second-order valence-electron chi connectivity index (χ2n) is 4.07. The SMILES string of the molecule is CN(CCc1ccc2c(c1)OCO2)CC(=O)O. The third kappa shape index (κ3) is 3.10. The Kier molecular flexibility index (Phi) is 3.49. The second kappa shape index (κ2) is 5.05. The topological polar surface area (TPSA) is 59.0 Å². The Morgan fingerprint density at radius 3 is 2.94 bits per heavy atom. The van der Waals surface area contributed by atoms with E-state index in [9.17, 15) is 4.79 Å². The Morgan fingerprint density at radius 2 is 2.18 bits per heavy atom. The summed E-state index contributed by atoms with van der Waals surface area (Å²) in [6.07, 6.45) is 0.792. The standard InChI is InChI=1S/C12H15NO4/c1-13(7-12(14)15)5-4-9-2-3-10-11(6-9)17-8-16-10/h2-3,6H,4-5,7-8H2,1H3,(H,14,15). The van der Waals surface area contributed by atoms with Crippen molar-refractivity contribution in [3.63, 3.8) is 0 Å². The summed E-state index contributed by atoms with van der Waals surface area (Å²) in [7, 11) is 1.79. The van der Waals surface area contributed by atoms with Gasteiger partial charge in [-0.05, 0) is 31.2 Å². The number of carbonyl (C=O) groups is 1. The van der Waals surface area contributed by atoms with Crippen LogP contribution in [0, 0.1) is 0 Å². The maximum atomic E-state index is 10.5. The third-order valence-corrected chi connectivity index (χ3v) is 2.62.